The first-order valence-corrected chi connectivity index (χ1v) is 7.18. The van der Waals surface area contributed by atoms with E-state index in [0.717, 1.165) is 38.3 Å². The summed E-state index contributed by atoms with van der Waals surface area (Å²) in [6.07, 6.45) is 5.20. The fraction of sp³-hybridized carbons (Fsp3) is 0.600. The monoisotopic (exact) mass is 313 g/mol. The Hall–Kier alpha value is -1.17. The molecular weight excluding hydrogens is 290 g/mol. The van der Waals surface area contributed by atoms with Crippen LogP contribution in [0, 0.1) is 5.92 Å². The predicted octanol–water partition coefficient (Wildman–Crippen LogP) is 1.85. The lowest BCUT2D eigenvalue weighted by Gasteiger charge is -2.32. The van der Waals surface area contributed by atoms with Crippen LogP contribution in [-0.4, -0.2) is 42.6 Å². The number of esters is 1. The van der Waals surface area contributed by atoms with Crippen molar-refractivity contribution < 1.29 is 9.53 Å². The van der Waals surface area contributed by atoms with E-state index in [1.165, 1.54) is 20.0 Å². The van der Waals surface area contributed by atoms with Crippen LogP contribution >= 0.6 is 12.4 Å². The molecule has 0 spiro atoms. The molecule has 1 aromatic heterocycles. The van der Waals surface area contributed by atoms with Gasteiger partial charge in [0.05, 0.1) is 18.4 Å². The van der Waals surface area contributed by atoms with Crippen molar-refractivity contribution in [2.75, 3.05) is 26.7 Å². The Bertz CT molecular complexity index is 437. The molecule has 0 bridgehead atoms. The van der Waals surface area contributed by atoms with Gasteiger partial charge in [0.2, 0.25) is 0 Å². The Morgan fingerprint density at radius 1 is 1.52 bits per heavy atom. The van der Waals surface area contributed by atoms with E-state index in [2.05, 4.69) is 14.6 Å². The fourth-order valence-electron chi connectivity index (χ4n) is 2.75. The molecule has 1 atom stereocenters. The summed E-state index contributed by atoms with van der Waals surface area (Å²) in [7, 11) is 1.38. The van der Waals surface area contributed by atoms with Crippen LogP contribution in [0.25, 0.3) is 0 Å². The van der Waals surface area contributed by atoms with Crippen molar-refractivity contribution in [1.82, 2.24) is 9.88 Å². The third kappa shape index (κ3) is 5.26. The fourth-order valence-corrected chi connectivity index (χ4v) is 2.75. The highest BCUT2D eigenvalue weighted by atomic mass is 35.5. The summed E-state index contributed by atoms with van der Waals surface area (Å²) < 4.78 is 4.67. The number of halogens is 1. The van der Waals surface area contributed by atoms with Crippen molar-refractivity contribution in [2.45, 2.75) is 25.8 Å². The van der Waals surface area contributed by atoms with Gasteiger partial charge in [-0.05, 0) is 50.4 Å². The Morgan fingerprint density at radius 3 is 2.95 bits per heavy atom. The minimum absolute atomic E-state index is 0. The number of methoxy groups -OCH3 is 1. The van der Waals surface area contributed by atoms with Crippen LogP contribution < -0.4 is 5.73 Å². The molecule has 1 aliphatic heterocycles. The Morgan fingerprint density at radius 2 is 2.33 bits per heavy atom. The number of aromatic nitrogens is 1. The summed E-state index contributed by atoms with van der Waals surface area (Å²) in [5, 5.41) is 0. The highest BCUT2D eigenvalue weighted by Crippen LogP contribution is 2.20. The number of carbonyl (C=O) groups excluding carboxylic acids is 1. The molecule has 1 unspecified atom stereocenters. The maximum absolute atomic E-state index is 11.3. The van der Waals surface area contributed by atoms with Crippen LogP contribution in [-0.2, 0) is 11.3 Å². The number of hydrogen-bond acceptors (Lipinski definition) is 5. The molecule has 2 heterocycles. The molecule has 1 aliphatic rings. The molecule has 5 nitrogen and oxygen atoms in total. The van der Waals surface area contributed by atoms with Gasteiger partial charge in [-0.1, -0.05) is 0 Å². The van der Waals surface area contributed by atoms with Gasteiger partial charge in [0.1, 0.15) is 0 Å². The molecule has 0 amide bonds. The van der Waals surface area contributed by atoms with Gasteiger partial charge >= 0.3 is 5.97 Å². The predicted molar refractivity (Wildman–Crippen MR) is 84.5 cm³/mol. The largest absolute Gasteiger partial charge is 0.465 e. The average Bonchev–Trinajstić information content (AvgIpc) is 2.48. The van der Waals surface area contributed by atoms with Crippen molar-refractivity contribution in [2.24, 2.45) is 11.7 Å². The van der Waals surface area contributed by atoms with E-state index in [4.69, 9.17) is 5.73 Å². The molecule has 0 aliphatic carbocycles. The Balaban J connectivity index is 0.00000220. The highest BCUT2D eigenvalue weighted by molar-refractivity contribution is 5.88. The molecule has 6 heteroatoms. The van der Waals surface area contributed by atoms with Gasteiger partial charge in [0, 0.05) is 19.3 Å². The lowest BCUT2D eigenvalue weighted by Crippen LogP contribution is -2.35. The number of rotatable bonds is 5. The molecule has 0 radical (unpaired) electrons. The van der Waals surface area contributed by atoms with Crippen molar-refractivity contribution in [3.63, 3.8) is 0 Å². The first-order chi connectivity index (χ1) is 9.72. The highest BCUT2D eigenvalue weighted by Gasteiger charge is 2.19. The smallest absolute Gasteiger partial charge is 0.339 e. The average molecular weight is 314 g/mol. The van der Waals surface area contributed by atoms with Crippen LogP contribution in [0.1, 0.15) is 35.3 Å². The van der Waals surface area contributed by atoms with Crippen LogP contribution in [0.5, 0.6) is 0 Å². The maximum Gasteiger partial charge on any atom is 0.339 e. The van der Waals surface area contributed by atoms with Crippen LogP contribution in [0.2, 0.25) is 0 Å². The summed E-state index contributed by atoms with van der Waals surface area (Å²) in [6, 6.07) is 3.67. The third-order valence-electron chi connectivity index (χ3n) is 3.81. The summed E-state index contributed by atoms with van der Waals surface area (Å²) in [5.74, 6) is 0.369. The summed E-state index contributed by atoms with van der Waals surface area (Å²) in [6.45, 7) is 3.81. The van der Waals surface area contributed by atoms with Crippen LogP contribution in [0.4, 0.5) is 0 Å². The number of ether oxygens (including phenoxy) is 1. The topological polar surface area (TPSA) is 68.5 Å². The van der Waals surface area contributed by atoms with Gasteiger partial charge in [-0.25, -0.2) is 4.79 Å². The molecule has 21 heavy (non-hydrogen) atoms. The summed E-state index contributed by atoms with van der Waals surface area (Å²) in [5.41, 5.74) is 7.13. The van der Waals surface area contributed by atoms with Gasteiger partial charge in [-0.2, -0.15) is 0 Å². The van der Waals surface area contributed by atoms with E-state index in [1.807, 2.05) is 6.07 Å². The van der Waals surface area contributed by atoms with E-state index in [0.29, 0.717) is 11.5 Å². The van der Waals surface area contributed by atoms with E-state index in [-0.39, 0.29) is 18.4 Å². The maximum atomic E-state index is 11.3. The molecule has 1 saturated heterocycles. The number of piperidine rings is 1. The summed E-state index contributed by atoms with van der Waals surface area (Å²) in [4.78, 5) is 18.1. The normalized spacial score (nSPS) is 18.9. The van der Waals surface area contributed by atoms with E-state index < -0.39 is 0 Å². The Kier molecular flexibility index (Phi) is 7.64. The van der Waals surface area contributed by atoms with Gasteiger partial charge < -0.3 is 10.5 Å². The first kappa shape index (κ1) is 17.9. The second-order valence-electron chi connectivity index (χ2n) is 5.35. The zero-order valence-electron chi connectivity index (χ0n) is 12.5. The number of pyridine rings is 1. The van der Waals surface area contributed by atoms with Crippen molar-refractivity contribution in [3.05, 3.63) is 29.6 Å². The molecule has 2 N–H and O–H groups in total. The quantitative estimate of drug-likeness (QED) is 0.840. The summed E-state index contributed by atoms with van der Waals surface area (Å²) >= 11 is 0. The lowest BCUT2D eigenvalue weighted by atomic mass is 9.95. The lowest BCUT2D eigenvalue weighted by molar-refractivity contribution is 0.0600. The number of carbonyl (C=O) groups is 1. The van der Waals surface area contributed by atoms with Crippen LogP contribution in [0.15, 0.2) is 18.3 Å². The number of nitrogens with two attached hydrogens (primary N) is 1. The second-order valence-corrected chi connectivity index (χ2v) is 5.35. The van der Waals surface area contributed by atoms with Crippen molar-refractivity contribution in [3.8, 4) is 0 Å². The zero-order chi connectivity index (χ0) is 14.4. The van der Waals surface area contributed by atoms with E-state index >= 15 is 0 Å². The second kappa shape index (κ2) is 8.97. The van der Waals surface area contributed by atoms with E-state index in [1.54, 1.807) is 12.3 Å². The molecule has 1 aromatic rings. The minimum Gasteiger partial charge on any atom is -0.465 e. The third-order valence-corrected chi connectivity index (χ3v) is 3.81. The minimum atomic E-state index is -0.343. The Labute approximate surface area is 132 Å². The van der Waals surface area contributed by atoms with Crippen molar-refractivity contribution in [1.29, 1.82) is 0 Å². The van der Waals surface area contributed by atoms with Crippen LogP contribution in [0.3, 0.4) is 0 Å². The standard InChI is InChI=1S/C15H23N3O2.ClH/c1-20-15(19)13-4-5-14(17-9-13)11-18-8-2-3-12(10-18)6-7-16;/h4-5,9,12H,2-3,6-8,10-11,16H2,1H3;1H. The molecule has 1 fully saturated rings. The van der Waals surface area contributed by atoms with Gasteiger partial charge in [0.15, 0.2) is 0 Å². The molecule has 0 saturated carbocycles. The number of nitrogens with zero attached hydrogens (tertiary/aromatic N) is 2. The van der Waals surface area contributed by atoms with Gasteiger partial charge in [-0.3, -0.25) is 9.88 Å². The molecular formula is C15H24ClN3O2. The number of hydrogen-bond donors (Lipinski definition) is 1. The SMILES string of the molecule is COC(=O)c1ccc(CN2CCCC(CCN)C2)nc1.Cl. The van der Waals surface area contributed by atoms with Crippen molar-refractivity contribution >= 4 is 18.4 Å². The zero-order valence-corrected chi connectivity index (χ0v) is 13.3. The molecule has 0 aromatic carbocycles. The van der Waals surface area contributed by atoms with Gasteiger partial charge in [0.25, 0.3) is 0 Å². The van der Waals surface area contributed by atoms with Gasteiger partial charge in [-0.15, -0.1) is 12.4 Å². The number of likely N-dealkylation sites (tertiary alicyclic amines) is 1. The van der Waals surface area contributed by atoms with E-state index in [9.17, 15) is 4.79 Å². The molecule has 118 valence electrons. The molecule has 2 rings (SSSR count). The first-order valence-electron chi connectivity index (χ1n) is 7.18.